The van der Waals surface area contributed by atoms with Crippen molar-refractivity contribution < 1.29 is 18.6 Å². The highest BCUT2D eigenvalue weighted by Crippen LogP contribution is 2.35. The van der Waals surface area contributed by atoms with E-state index in [2.05, 4.69) is 248 Å². The van der Waals surface area contributed by atoms with Crippen LogP contribution < -0.4 is 36.6 Å². The Labute approximate surface area is 547 Å². The average Bonchev–Trinajstić information content (AvgIpc) is 1.81. The summed E-state index contributed by atoms with van der Waals surface area (Å²) in [6, 6.07) is 41.9. The minimum atomic E-state index is 0.362. The topological polar surface area (TPSA) is 129 Å². The third-order valence-electron chi connectivity index (χ3n) is 16.1. The van der Waals surface area contributed by atoms with Crippen molar-refractivity contribution in [3.8, 4) is 5.75 Å². The Morgan fingerprint density at radius 3 is 1.46 bits per heavy atom. The van der Waals surface area contributed by atoms with Crippen molar-refractivity contribution >= 4 is 38.8 Å². The molecule has 0 saturated carbocycles. The van der Waals surface area contributed by atoms with Gasteiger partial charge in [0.05, 0.1) is 46.5 Å². The Morgan fingerprint density at radius 2 is 0.878 bits per heavy atom. The number of rotatable bonds is 10. The fourth-order valence-electron chi connectivity index (χ4n) is 11.5. The first-order valence-electron chi connectivity index (χ1n) is 33.6. The van der Waals surface area contributed by atoms with Crippen molar-refractivity contribution in [2.75, 3.05) is 30.5 Å². The SMILES string of the molecule is CC(C)/C1=C(\C(C)C)OCc2ccccc2CN1.CC(C)/C1=C(\C(C)C)OCc2ccccc2NCN1.CC(C)/C1=C(\C(C)C)Oc2ccccc2NCN1.CC(C)/C1=C(\C(C)C)c2ccccc2CCCN1.CC(C)c1[nH]sc2ccccc2oc1C(C)C. The zero-order valence-corrected chi connectivity index (χ0v) is 59.3. The van der Waals surface area contributed by atoms with Crippen LogP contribution in [0.4, 0.5) is 11.4 Å². The molecule has 4 aliphatic rings. The Balaban J connectivity index is 0.000000179. The van der Waals surface area contributed by atoms with Gasteiger partial charge in [-0.05, 0) is 107 Å². The molecular formula is C78H113N7O4S. The lowest BCUT2D eigenvalue weighted by Gasteiger charge is -2.27. The van der Waals surface area contributed by atoms with E-state index in [1.807, 2.05) is 48.5 Å². The number of H-pyrrole nitrogens is 1. The number of anilines is 2. The van der Waals surface area contributed by atoms with Crippen LogP contribution in [0, 0.1) is 47.3 Å². The lowest BCUT2D eigenvalue weighted by Crippen LogP contribution is -2.30. The van der Waals surface area contributed by atoms with Gasteiger partial charge in [-0.1, -0.05) is 241 Å². The summed E-state index contributed by atoms with van der Waals surface area (Å²) in [5.74, 6) is 9.62. The Hall–Kier alpha value is -7.18. The second-order valence-corrected chi connectivity index (χ2v) is 27.8. The normalized spacial score (nSPS) is 18.2. The lowest BCUT2D eigenvalue weighted by atomic mass is 9.85. The number of ether oxygens (including phenoxy) is 3. The van der Waals surface area contributed by atoms with Crippen molar-refractivity contribution in [3.05, 3.63) is 201 Å². The number of aryl methyl sites for hydroxylation is 1. The number of aromatic nitrogens is 1. The number of allylic oxidation sites excluding steroid dienone is 8. The van der Waals surface area contributed by atoms with Gasteiger partial charge in [0.25, 0.3) is 0 Å². The van der Waals surface area contributed by atoms with Crippen molar-refractivity contribution in [3.63, 3.8) is 0 Å². The number of fused-ring (bicyclic) bond motifs is 5. The Kier molecular flexibility index (Phi) is 28.3. The van der Waals surface area contributed by atoms with Crippen molar-refractivity contribution in [1.29, 1.82) is 0 Å². The maximum atomic E-state index is 6.13. The minimum absolute atomic E-state index is 0.362. The third kappa shape index (κ3) is 20.4. The maximum Gasteiger partial charge on any atom is 0.150 e. The average molecular weight is 1240 g/mol. The molecule has 11 nitrogen and oxygen atoms in total. The van der Waals surface area contributed by atoms with Crippen LogP contribution in [0.25, 0.3) is 15.9 Å². The van der Waals surface area contributed by atoms with E-state index in [1.165, 1.54) is 74.7 Å². The molecule has 5 heterocycles. The predicted molar refractivity (Wildman–Crippen MR) is 383 cm³/mol. The number of hydrogen-bond donors (Lipinski definition) is 7. The highest BCUT2D eigenvalue weighted by atomic mass is 32.1. The molecule has 0 spiro atoms. The van der Waals surface area contributed by atoms with Crippen molar-refractivity contribution in [1.82, 2.24) is 25.6 Å². The Morgan fingerprint density at radius 1 is 0.389 bits per heavy atom. The number of benzene rings is 5. The molecular weight excluding hydrogens is 1130 g/mol. The molecule has 0 radical (unpaired) electrons. The molecule has 0 aliphatic carbocycles. The smallest absolute Gasteiger partial charge is 0.150 e. The molecule has 6 aromatic rings. The molecule has 1 aromatic heterocycles. The summed E-state index contributed by atoms with van der Waals surface area (Å²) >= 11 is 1.63. The van der Waals surface area contributed by atoms with Gasteiger partial charge in [0, 0.05) is 53.7 Å². The monoisotopic (exact) mass is 1240 g/mol. The lowest BCUT2D eigenvalue weighted by molar-refractivity contribution is 0.159. The first-order chi connectivity index (χ1) is 43.0. The van der Waals surface area contributed by atoms with Gasteiger partial charge < -0.3 is 54.9 Å². The second-order valence-electron chi connectivity index (χ2n) is 26.9. The van der Waals surface area contributed by atoms with E-state index in [1.54, 1.807) is 11.5 Å². The highest BCUT2D eigenvalue weighted by Gasteiger charge is 2.24. The van der Waals surface area contributed by atoms with Gasteiger partial charge in [0.2, 0.25) is 0 Å². The standard InChI is InChI=1S/C17H25N.C16H24N2O.C16H23NO.C15H22N2O.C14H19NOS/c1-12(2)16-15-10-6-5-8-14(15)9-7-11-18-17(16)13(3)4;1-11(2)15-16(12(3)4)19-9-13-7-5-6-8-14(13)17-10-18-15;1-11(2)15-16(12(3)4)18-10-14-8-6-5-7-13(14)9-17-15;1-10(2)14-15(11(3)4)18-13-8-6-5-7-12(13)16-9-17-14;1-9(2)13-14(10(3)4)16-11-7-5-6-8-12(11)17-15-13/h5-6,8,10,12-13,18H,7,9,11H2,1-4H3;5-8,11-12,17-18H,9-10H2,1-4H3;5-8,11-12,17H,9-10H2,1-4H3;5-8,10-11,16-17H,9H2,1-4H3;5-10,15H,1-4H3/b17-16-;2*16-15-;15-14-;. The van der Waals surface area contributed by atoms with E-state index < -0.39 is 0 Å². The highest BCUT2D eigenvalue weighted by molar-refractivity contribution is 7.12. The molecule has 0 saturated heterocycles. The first kappa shape index (κ1) is 71.9. The van der Waals surface area contributed by atoms with Gasteiger partial charge in [-0.25, -0.2) is 0 Å². The summed E-state index contributed by atoms with van der Waals surface area (Å²) in [6.07, 6.45) is 2.41. The number of hydrogen-bond acceptors (Lipinski definition) is 11. The molecule has 0 amide bonds. The Bertz CT molecular complexity index is 3340. The number of aromatic amines is 1. The predicted octanol–water partition coefficient (Wildman–Crippen LogP) is 20.5. The van der Waals surface area contributed by atoms with Gasteiger partial charge in [0.1, 0.15) is 47.6 Å². The molecule has 0 fully saturated rings. The number of para-hydroxylation sites is 4. The molecule has 0 unspecified atom stereocenters. The molecule has 5 aromatic carbocycles. The molecule has 12 heteroatoms. The molecule has 10 rings (SSSR count). The van der Waals surface area contributed by atoms with Crippen LogP contribution >= 0.6 is 11.5 Å². The molecule has 7 N–H and O–H groups in total. The van der Waals surface area contributed by atoms with Crippen molar-refractivity contribution in [2.45, 2.75) is 183 Å². The van der Waals surface area contributed by atoms with Crippen LogP contribution in [0.2, 0.25) is 0 Å². The van der Waals surface area contributed by atoms with Crippen molar-refractivity contribution in [2.24, 2.45) is 47.3 Å². The van der Waals surface area contributed by atoms with Gasteiger partial charge in [-0.2, -0.15) is 0 Å². The summed E-state index contributed by atoms with van der Waals surface area (Å²) in [7, 11) is 0. The molecule has 90 heavy (non-hydrogen) atoms. The molecule has 0 atom stereocenters. The van der Waals surface area contributed by atoms with E-state index in [4.69, 9.17) is 18.6 Å². The van der Waals surface area contributed by atoms with Crippen LogP contribution in [0.3, 0.4) is 0 Å². The summed E-state index contributed by atoms with van der Waals surface area (Å²) in [6.45, 7) is 48.8. The van der Waals surface area contributed by atoms with E-state index in [0.717, 1.165) is 76.9 Å². The summed E-state index contributed by atoms with van der Waals surface area (Å²) in [5.41, 5.74) is 17.7. The van der Waals surface area contributed by atoms with E-state index in [0.29, 0.717) is 72.4 Å². The largest absolute Gasteiger partial charge is 0.491 e. The number of nitrogens with one attached hydrogen (secondary N) is 7. The maximum absolute atomic E-state index is 6.13. The van der Waals surface area contributed by atoms with Gasteiger partial charge >= 0.3 is 0 Å². The fourth-order valence-corrected chi connectivity index (χ4v) is 12.4. The molecule has 4 aliphatic heterocycles. The van der Waals surface area contributed by atoms with E-state index in [9.17, 15) is 0 Å². The molecule has 0 bridgehead atoms. The van der Waals surface area contributed by atoms with E-state index in [-0.39, 0.29) is 0 Å². The second kappa shape index (κ2) is 35.4. The zero-order chi connectivity index (χ0) is 65.6. The zero-order valence-electron chi connectivity index (χ0n) is 58.5. The third-order valence-corrected chi connectivity index (χ3v) is 17.0. The quantitative estimate of drug-likeness (QED) is 0.0712. The summed E-state index contributed by atoms with van der Waals surface area (Å²) < 4.78 is 29.0. The summed E-state index contributed by atoms with van der Waals surface area (Å²) in [4.78, 5) is 0. The fraction of sp³-hybridized carbons (Fsp3) is 0.487. The minimum Gasteiger partial charge on any atom is -0.491 e. The molecule has 490 valence electrons. The van der Waals surface area contributed by atoms with Crippen LogP contribution in [-0.4, -0.2) is 24.3 Å². The van der Waals surface area contributed by atoms with Crippen LogP contribution in [0.5, 0.6) is 5.75 Å². The van der Waals surface area contributed by atoms with Gasteiger partial charge in [-0.3, -0.25) is 0 Å². The van der Waals surface area contributed by atoms with E-state index >= 15 is 0 Å². The van der Waals surface area contributed by atoms with Crippen LogP contribution in [0.15, 0.2) is 166 Å². The van der Waals surface area contributed by atoms with Gasteiger partial charge in [0.15, 0.2) is 0 Å². The van der Waals surface area contributed by atoms with Crippen LogP contribution in [-0.2, 0) is 35.7 Å². The van der Waals surface area contributed by atoms with Gasteiger partial charge in [-0.15, -0.1) is 0 Å². The first-order valence-corrected chi connectivity index (χ1v) is 34.4. The summed E-state index contributed by atoms with van der Waals surface area (Å²) in [5, 5.41) is 20.9. The van der Waals surface area contributed by atoms with Crippen LogP contribution in [0.1, 0.15) is 196 Å².